The number of amides is 2. The van der Waals surface area contributed by atoms with E-state index in [-0.39, 0.29) is 6.03 Å². The SMILES string of the molecule is COc1ccccc1NC(=O)NCCSCc1ccc(Cl)cc1Cl. The second-order valence-electron chi connectivity index (χ2n) is 4.87. The smallest absolute Gasteiger partial charge is 0.319 e. The molecule has 2 aromatic carbocycles. The number of rotatable bonds is 7. The van der Waals surface area contributed by atoms with Crippen LogP contribution in [0.5, 0.6) is 5.75 Å². The van der Waals surface area contributed by atoms with Crippen molar-refractivity contribution in [3.63, 3.8) is 0 Å². The Morgan fingerprint density at radius 3 is 2.75 bits per heavy atom. The first-order valence-corrected chi connectivity index (χ1v) is 9.20. The molecular weight excluding hydrogens is 367 g/mol. The van der Waals surface area contributed by atoms with Gasteiger partial charge >= 0.3 is 6.03 Å². The highest BCUT2D eigenvalue weighted by Gasteiger charge is 2.06. The summed E-state index contributed by atoms with van der Waals surface area (Å²) in [6.07, 6.45) is 0. The van der Waals surface area contributed by atoms with Crippen molar-refractivity contribution in [1.82, 2.24) is 5.32 Å². The van der Waals surface area contributed by atoms with Crippen LogP contribution >= 0.6 is 35.0 Å². The van der Waals surface area contributed by atoms with Gasteiger partial charge in [-0.1, -0.05) is 41.4 Å². The van der Waals surface area contributed by atoms with Crippen LogP contribution in [0.15, 0.2) is 42.5 Å². The molecule has 0 aromatic heterocycles. The predicted molar refractivity (Wildman–Crippen MR) is 103 cm³/mol. The van der Waals surface area contributed by atoms with E-state index in [4.69, 9.17) is 27.9 Å². The summed E-state index contributed by atoms with van der Waals surface area (Å²) in [4.78, 5) is 11.9. The highest BCUT2D eigenvalue weighted by molar-refractivity contribution is 7.98. The Hall–Kier alpha value is -1.56. The molecule has 128 valence electrons. The molecule has 0 saturated heterocycles. The first kappa shape index (κ1) is 18.8. The molecule has 0 saturated carbocycles. The standard InChI is InChI=1S/C17H18Cl2N2O2S/c1-23-16-5-3-2-4-15(16)21-17(22)20-8-9-24-11-12-6-7-13(18)10-14(12)19/h2-7,10H,8-9,11H2,1H3,(H2,20,21,22). The molecule has 4 nitrogen and oxygen atoms in total. The molecule has 2 amide bonds. The van der Waals surface area contributed by atoms with Crippen molar-refractivity contribution < 1.29 is 9.53 Å². The third kappa shape index (κ3) is 5.82. The van der Waals surface area contributed by atoms with Gasteiger partial charge in [-0.05, 0) is 29.8 Å². The number of carbonyl (C=O) groups excluding carboxylic acids is 1. The van der Waals surface area contributed by atoms with Crippen LogP contribution in [0.1, 0.15) is 5.56 Å². The summed E-state index contributed by atoms with van der Waals surface area (Å²) in [7, 11) is 1.57. The third-order valence-electron chi connectivity index (χ3n) is 3.16. The van der Waals surface area contributed by atoms with Crippen molar-refractivity contribution in [1.29, 1.82) is 0 Å². The van der Waals surface area contributed by atoms with E-state index in [1.807, 2.05) is 24.3 Å². The van der Waals surface area contributed by atoms with E-state index in [2.05, 4.69) is 10.6 Å². The van der Waals surface area contributed by atoms with Gasteiger partial charge in [-0.15, -0.1) is 0 Å². The van der Waals surface area contributed by atoms with E-state index in [1.54, 1.807) is 37.1 Å². The first-order chi connectivity index (χ1) is 11.6. The van der Waals surface area contributed by atoms with Crippen molar-refractivity contribution in [2.45, 2.75) is 5.75 Å². The second kappa shape index (κ2) is 9.67. The molecule has 0 atom stereocenters. The predicted octanol–water partition coefficient (Wildman–Crippen LogP) is 5.06. The fourth-order valence-corrected chi connectivity index (χ4v) is 3.39. The van der Waals surface area contributed by atoms with Crippen molar-refractivity contribution in [3.8, 4) is 5.75 Å². The molecule has 0 aliphatic heterocycles. The highest BCUT2D eigenvalue weighted by atomic mass is 35.5. The number of halogens is 2. The molecule has 0 unspecified atom stereocenters. The van der Waals surface area contributed by atoms with Crippen LogP contribution in [0.3, 0.4) is 0 Å². The second-order valence-corrected chi connectivity index (χ2v) is 6.82. The van der Waals surface area contributed by atoms with Gasteiger partial charge in [-0.25, -0.2) is 4.79 Å². The van der Waals surface area contributed by atoms with Gasteiger partial charge in [0.25, 0.3) is 0 Å². The Morgan fingerprint density at radius 2 is 2.00 bits per heavy atom. The summed E-state index contributed by atoms with van der Waals surface area (Å²) in [5.74, 6) is 2.17. The average molecular weight is 385 g/mol. The van der Waals surface area contributed by atoms with Crippen LogP contribution in [0.25, 0.3) is 0 Å². The Morgan fingerprint density at radius 1 is 1.21 bits per heavy atom. The topological polar surface area (TPSA) is 50.4 Å². The minimum absolute atomic E-state index is 0.260. The lowest BCUT2D eigenvalue weighted by Gasteiger charge is -2.11. The van der Waals surface area contributed by atoms with Gasteiger partial charge in [0, 0.05) is 28.1 Å². The van der Waals surface area contributed by atoms with Crippen LogP contribution in [0, 0.1) is 0 Å². The number of anilines is 1. The van der Waals surface area contributed by atoms with Gasteiger partial charge in [0.15, 0.2) is 0 Å². The first-order valence-electron chi connectivity index (χ1n) is 7.29. The number of benzene rings is 2. The number of ether oxygens (including phenoxy) is 1. The van der Waals surface area contributed by atoms with Crippen molar-refractivity contribution >= 4 is 46.7 Å². The molecule has 0 aliphatic rings. The number of hydrogen-bond donors (Lipinski definition) is 2. The van der Waals surface area contributed by atoms with Crippen molar-refractivity contribution in [2.75, 3.05) is 24.7 Å². The van der Waals surface area contributed by atoms with Crippen molar-refractivity contribution in [2.24, 2.45) is 0 Å². The summed E-state index contributed by atoms with van der Waals surface area (Å²) >= 11 is 13.7. The molecule has 0 heterocycles. The van der Waals surface area contributed by atoms with Crippen LogP contribution in [-0.4, -0.2) is 25.4 Å². The largest absolute Gasteiger partial charge is 0.495 e. The number of para-hydroxylation sites is 2. The van der Waals surface area contributed by atoms with E-state index >= 15 is 0 Å². The fraction of sp³-hybridized carbons (Fsp3) is 0.235. The minimum atomic E-state index is -0.260. The summed E-state index contributed by atoms with van der Waals surface area (Å²) in [5.41, 5.74) is 1.67. The van der Waals surface area contributed by atoms with Crippen LogP contribution in [-0.2, 0) is 5.75 Å². The maximum atomic E-state index is 11.9. The number of nitrogens with one attached hydrogen (secondary N) is 2. The van der Waals surface area contributed by atoms with Gasteiger partial charge in [0.05, 0.1) is 12.8 Å². The monoisotopic (exact) mass is 384 g/mol. The third-order valence-corrected chi connectivity index (χ3v) is 4.75. The van der Waals surface area contributed by atoms with E-state index in [0.29, 0.717) is 28.0 Å². The van der Waals surface area contributed by atoms with Gasteiger partial charge in [-0.3, -0.25) is 0 Å². The van der Waals surface area contributed by atoms with Crippen LogP contribution < -0.4 is 15.4 Å². The molecule has 2 aromatic rings. The highest BCUT2D eigenvalue weighted by Crippen LogP contribution is 2.25. The van der Waals surface area contributed by atoms with Gasteiger partial charge < -0.3 is 15.4 Å². The Bertz CT molecular complexity index is 698. The molecule has 2 rings (SSSR count). The zero-order valence-corrected chi connectivity index (χ0v) is 15.5. The van der Waals surface area contributed by atoms with E-state index in [0.717, 1.165) is 17.1 Å². The van der Waals surface area contributed by atoms with Gasteiger partial charge in [0.1, 0.15) is 5.75 Å². The molecule has 7 heteroatoms. The Balaban J connectivity index is 1.69. The maximum absolute atomic E-state index is 11.9. The van der Waals surface area contributed by atoms with Gasteiger partial charge in [0.2, 0.25) is 0 Å². The fourth-order valence-electron chi connectivity index (χ4n) is 1.97. The summed E-state index contributed by atoms with van der Waals surface area (Å²) < 4.78 is 5.19. The number of carbonyl (C=O) groups is 1. The molecule has 0 fully saturated rings. The number of methoxy groups -OCH3 is 1. The quantitative estimate of drug-likeness (QED) is 0.656. The van der Waals surface area contributed by atoms with E-state index in [1.165, 1.54) is 0 Å². The zero-order valence-electron chi connectivity index (χ0n) is 13.1. The summed E-state index contributed by atoms with van der Waals surface area (Å²) in [5, 5.41) is 6.87. The lowest BCUT2D eigenvalue weighted by molar-refractivity contribution is 0.252. The molecule has 24 heavy (non-hydrogen) atoms. The number of hydrogen-bond acceptors (Lipinski definition) is 3. The van der Waals surface area contributed by atoms with Crippen LogP contribution in [0.4, 0.5) is 10.5 Å². The lowest BCUT2D eigenvalue weighted by atomic mass is 10.2. The molecular formula is C17H18Cl2N2O2S. The number of thioether (sulfide) groups is 1. The number of urea groups is 1. The lowest BCUT2D eigenvalue weighted by Crippen LogP contribution is -2.30. The van der Waals surface area contributed by atoms with Crippen LogP contribution in [0.2, 0.25) is 10.0 Å². The molecule has 0 spiro atoms. The molecule has 0 aliphatic carbocycles. The Kier molecular flexibility index (Phi) is 7.56. The summed E-state index contributed by atoms with van der Waals surface area (Å²) in [6, 6.07) is 12.5. The molecule has 0 radical (unpaired) electrons. The average Bonchev–Trinajstić information content (AvgIpc) is 2.57. The normalized spacial score (nSPS) is 10.3. The van der Waals surface area contributed by atoms with E-state index in [9.17, 15) is 4.79 Å². The maximum Gasteiger partial charge on any atom is 0.319 e. The molecule has 0 bridgehead atoms. The Labute approximate surface area is 155 Å². The van der Waals surface area contributed by atoms with Gasteiger partial charge in [-0.2, -0.15) is 11.8 Å². The molecule has 2 N–H and O–H groups in total. The zero-order chi connectivity index (χ0) is 17.4. The van der Waals surface area contributed by atoms with E-state index < -0.39 is 0 Å². The summed E-state index contributed by atoms with van der Waals surface area (Å²) in [6.45, 7) is 0.552. The minimum Gasteiger partial charge on any atom is -0.495 e. The van der Waals surface area contributed by atoms with Crippen molar-refractivity contribution in [3.05, 3.63) is 58.1 Å².